The summed E-state index contributed by atoms with van der Waals surface area (Å²) in [4.78, 5) is 13.0. The zero-order valence-electron chi connectivity index (χ0n) is 11.3. The Bertz CT molecular complexity index is 610. The highest BCUT2D eigenvalue weighted by Gasteiger charge is 2.34. The third kappa shape index (κ3) is 2.16. The van der Waals surface area contributed by atoms with Crippen molar-refractivity contribution in [1.29, 1.82) is 0 Å². The average molecular weight is 281 g/mol. The predicted octanol–water partition coefficient (Wildman–Crippen LogP) is 2.79. The lowest BCUT2D eigenvalue weighted by molar-refractivity contribution is 0.401. The van der Waals surface area contributed by atoms with Crippen LogP contribution in [0.5, 0.6) is 5.88 Å². The average Bonchev–Trinajstić information content (AvgIpc) is 2.95. The van der Waals surface area contributed by atoms with Gasteiger partial charge in [-0.3, -0.25) is 0 Å². The van der Waals surface area contributed by atoms with Gasteiger partial charge < -0.3 is 9.30 Å². The molecule has 1 aliphatic rings. The van der Waals surface area contributed by atoms with Crippen molar-refractivity contribution >= 4 is 22.8 Å². The summed E-state index contributed by atoms with van der Waals surface area (Å²) in [5.74, 6) is 2.83. The number of methoxy groups -OCH3 is 1. The summed E-state index contributed by atoms with van der Waals surface area (Å²) < 4.78 is 7.36. The second kappa shape index (κ2) is 4.63. The van der Waals surface area contributed by atoms with E-state index in [-0.39, 0.29) is 5.38 Å². The van der Waals surface area contributed by atoms with Crippen LogP contribution in [0.25, 0.3) is 11.2 Å². The molecule has 2 aromatic heterocycles. The number of nitrogens with zero attached hydrogens (tertiary/aromatic N) is 4. The Morgan fingerprint density at radius 3 is 2.84 bits per heavy atom. The summed E-state index contributed by atoms with van der Waals surface area (Å²) in [6, 6.07) is 0. The SMILES string of the molecule is COc1ncnc2c1nc(C(C)Cl)n2CC1CC1C. The molecule has 2 aromatic rings. The van der Waals surface area contributed by atoms with Gasteiger partial charge in [0.2, 0.25) is 5.88 Å². The highest BCUT2D eigenvalue weighted by molar-refractivity contribution is 6.20. The minimum Gasteiger partial charge on any atom is -0.479 e. The molecule has 0 saturated heterocycles. The van der Waals surface area contributed by atoms with Crippen molar-refractivity contribution in [3.05, 3.63) is 12.2 Å². The molecule has 5 nitrogen and oxygen atoms in total. The van der Waals surface area contributed by atoms with E-state index < -0.39 is 0 Å². The molecule has 19 heavy (non-hydrogen) atoms. The molecule has 1 fully saturated rings. The van der Waals surface area contributed by atoms with E-state index in [9.17, 15) is 0 Å². The topological polar surface area (TPSA) is 52.8 Å². The van der Waals surface area contributed by atoms with Crippen LogP contribution < -0.4 is 4.74 Å². The summed E-state index contributed by atoms with van der Waals surface area (Å²) in [5, 5.41) is -0.159. The number of alkyl halides is 1. The van der Waals surface area contributed by atoms with E-state index >= 15 is 0 Å². The van der Waals surface area contributed by atoms with Crippen molar-refractivity contribution < 1.29 is 4.74 Å². The highest BCUT2D eigenvalue weighted by Crippen LogP contribution is 2.40. The third-order valence-corrected chi connectivity index (χ3v) is 3.97. The van der Waals surface area contributed by atoms with Gasteiger partial charge in [0.1, 0.15) is 12.2 Å². The predicted molar refractivity (Wildman–Crippen MR) is 73.4 cm³/mol. The molecule has 3 atom stereocenters. The van der Waals surface area contributed by atoms with Crippen molar-refractivity contribution in [3.8, 4) is 5.88 Å². The Morgan fingerprint density at radius 1 is 1.53 bits per heavy atom. The van der Waals surface area contributed by atoms with Crippen LogP contribution in [0.3, 0.4) is 0 Å². The Kier molecular flexibility index (Phi) is 3.09. The second-order valence-electron chi connectivity index (χ2n) is 5.22. The van der Waals surface area contributed by atoms with Gasteiger partial charge in [0, 0.05) is 6.54 Å². The van der Waals surface area contributed by atoms with Gasteiger partial charge in [0.05, 0.1) is 12.5 Å². The van der Waals surface area contributed by atoms with Gasteiger partial charge in [-0.2, -0.15) is 4.98 Å². The van der Waals surface area contributed by atoms with Gasteiger partial charge in [0.15, 0.2) is 11.2 Å². The fraction of sp³-hybridized carbons (Fsp3) is 0.615. The van der Waals surface area contributed by atoms with Crippen LogP contribution >= 0.6 is 11.6 Å². The summed E-state index contributed by atoms with van der Waals surface area (Å²) in [6.45, 7) is 5.11. The smallest absolute Gasteiger partial charge is 0.245 e. The molecule has 0 spiro atoms. The zero-order chi connectivity index (χ0) is 13.6. The Balaban J connectivity index is 2.12. The molecule has 1 saturated carbocycles. The molecule has 0 amide bonds. The van der Waals surface area contributed by atoms with Crippen LogP contribution in [0.2, 0.25) is 0 Å². The van der Waals surface area contributed by atoms with E-state index in [1.165, 1.54) is 12.7 Å². The minimum atomic E-state index is -0.159. The van der Waals surface area contributed by atoms with Crippen LogP contribution in [0.4, 0.5) is 0 Å². The van der Waals surface area contributed by atoms with Gasteiger partial charge >= 0.3 is 0 Å². The number of hydrogen-bond donors (Lipinski definition) is 0. The summed E-state index contributed by atoms with van der Waals surface area (Å²) in [6.07, 6.45) is 2.77. The molecule has 0 aliphatic heterocycles. The Labute approximate surface area is 117 Å². The van der Waals surface area contributed by atoms with Crippen molar-refractivity contribution in [1.82, 2.24) is 19.5 Å². The zero-order valence-corrected chi connectivity index (χ0v) is 12.1. The number of imidazole rings is 1. The summed E-state index contributed by atoms with van der Waals surface area (Å²) in [7, 11) is 1.59. The van der Waals surface area contributed by atoms with Crippen LogP contribution in [-0.4, -0.2) is 26.6 Å². The molecule has 0 N–H and O–H groups in total. The number of ether oxygens (including phenoxy) is 1. The van der Waals surface area contributed by atoms with E-state index in [1.807, 2.05) is 6.92 Å². The molecular formula is C13H17ClN4O. The lowest BCUT2D eigenvalue weighted by atomic mass is 10.3. The fourth-order valence-electron chi connectivity index (χ4n) is 2.45. The molecule has 102 valence electrons. The Hall–Kier alpha value is -1.36. The van der Waals surface area contributed by atoms with E-state index in [0.717, 1.165) is 23.9 Å². The normalized spacial score (nSPS) is 23.6. The van der Waals surface area contributed by atoms with E-state index in [4.69, 9.17) is 16.3 Å². The molecule has 6 heteroatoms. The number of hydrogen-bond acceptors (Lipinski definition) is 4. The maximum absolute atomic E-state index is 6.24. The number of halogens is 1. The van der Waals surface area contributed by atoms with Gasteiger partial charge in [0.25, 0.3) is 0 Å². The maximum Gasteiger partial charge on any atom is 0.245 e. The number of rotatable bonds is 4. The number of fused-ring (bicyclic) bond motifs is 1. The molecule has 2 heterocycles. The van der Waals surface area contributed by atoms with Crippen LogP contribution in [0.1, 0.15) is 31.5 Å². The lowest BCUT2D eigenvalue weighted by Gasteiger charge is -2.09. The first-order valence-electron chi connectivity index (χ1n) is 6.51. The van der Waals surface area contributed by atoms with Crippen LogP contribution in [-0.2, 0) is 6.54 Å². The van der Waals surface area contributed by atoms with Crippen molar-refractivity contribution in [2.45, 2.75) is 32.2 Å². The molecule has 1 aliphatic carbocycles. The molecule has 3 rings (SSSR count). The van der Waals surface area contributed by atoms with Crippen molar-refractivity contribution in [2.24, 2.45) is 11.8 Å². The maximum atomic E-state index is 6.24. The molecule has 0 bridgehead atoms. The first-order chi connectivity index (χ1) is 9.11. The minimum absolute atomic E-state index is 0.159. The Morgan fingerprint density at radius 2 is 2.26 bits per heavy atom. The van der Waals surface area contributed by atoms with Crippen molar-refractivity contribution in [2.75, 3.05) is 7.11 Å². The van der Waals surface area contributed by atoms with Crippen LogP contribution in [0.15, 0.2) is 6.33 Å². The molecule has 0 aromatic carbocycles. The van der Waals surface area contributed by atoms with Gasteiger partial charge in [-0.1, -0.05) is 6.92 Å². The molecule has 3 unspecified atom stereocenters. The summed E-state index contributed by atoms with van der Waals surface area (Å²) in [5.41, 5.74) is 1.51. The van der Waals surface area contributed by atoms with E-state index in [2.05, 4.69) is 26.4 Å². The van der Waals surface area contributed by atoms with Crippen molar-refractivity contribution in [3.63, 3.8) is 0 Å². The first kappa shape index (κ1) is 12.7. The molecular weight excluding hydrogens is 264 g/mol. The van der Waals surface area contributed by atoms with Gasteiger partial charge in [-0.15, -0.1) is 11.6 Å². The second-order valence-corrected chi connectivity index (χ2v) is 5.88. The largest absolute Gasteiger partial charge is 0.479 e. The quantitative estimate of drug-likeness (QED) is 0.808. The van der Waals surface area contributed by atoms with Gasteiger partial charge in [-0.25, -0.2) is 9.97 Å². The highest BCUT2D eigenvalue weighted by atomic mass is 35.5. The fourth-order valence-corrected chi connectivity index (χ4v) is 2.62. The lowest BCUT2D eigenvalue weighted by Crippen LogP contribution is -2.07. The van der Waals surface area contributed by atoms with E-state index in [1.54, 1.807) is 7.11 Å². The summed E-state index contributed by atoms with van der Waals surface area (Å²) >= 11 is 6.24. The van der Waals surface area contributed by atoms with E-state index in [0.29, 0.717) is 17.3 Å². The van der Waals surface area contributed by atoms with Crippen LogP contribution in [0, 0.1) is 11.8 Å². The monoisotopic (exact) mass is 280 g/mol. The number of aromatic nitrogens is 4. The third-order valence-electron chi connectivity index (χ3n) is 3.77. The molecule has 0 radical (unpaired) electrons. The van der Waals surface area contributed by atoms with Gasteiger partial charge in [-0.05, 0) is 25.2 Å². The standard InChI is InChI=1S/C13H17ClN4O/c1-7-4-9(7)5-18-11(8(2)14)17-10-12(18)15-6-16-13(10)19-3/h6-9H,4-5H2,1-3H3. The first-order valence-corrected chi connectivity index (χ1v) is 6.94.